The summed E-state index contributed by atoms with van der Waals surface area (Å²) in [5, 5.41) is 0. The third kappa shape index (κ3) is 3.79. The molecule has 1 fully saturated rings. The lowest BCUT2D eigenvalue weighted by Crippen LogP contribution is -2.42. The van der Waals surface area contributed by atoms with Gasteiger partial charge in [-0.3, -0.25) is 14.6 Å². The fourth-order valence-corrected chi connectivity index (χ4v) is 2.52. The standard InChI is InChI=1S/C15H20N2O3/c1-20-15(19)13-3-2-10-17(11-13)14(18)5-4-12-6-8-16-9-7-12/h6-9,13H,2-5,10-11H2,1H3/t13-/m0/s1. The second kappa shape index (κ2) is 7.03. The molecule has 5 heteroatoms. The smallest absolute Gasteiger partial charge is 0.310 e. The Balaban J connectivity index is 1.84. The van der Waals surface area contributed by atoms with Gasteiger partial charge in [-0.05, 0) is 37.0 Å². The van der Waals surface area contributed by atoms with Crippen molar-refractivity contribution in [3.05, 3.63) is 30.1 Å². The summed E-state index contributed by atoms with van der Waals surface area (Å²) in [5.41, 5.74) is 1.11. The highest BCUT2D eigenvalue weighted by Crippen LogP contribution is 2.18. The van der Waals surface area contributed by atoms with Crippen molar-refractivity contribution in [1.29, 1.82) is 0 Å². The topological polar surface area (TPSA) is 59.5 Å². The van der Waals surface area contributed by atoms with E-state index in [1.54, 1.807) is 17.3 Å². The van der Waals surface area contributed by atoms with E-state index < -0.39 is 0 Å². The first-order valence-electron chi connectivity index (χ1n) is 6.95. The van der Waals surface area contributed by atoms with E-state index in [4.69, 9.17) is 4.74 Å². The van der Waals surface area contributed by atoms with Crippen LogP contribution in [0.3, 0.4) is 0 Å². The van der Waals surface area contributed by atoms with Crippen molar-refractivity contribution in [2.24, 2.45) is 5.92 Å². The number of aryl methyl sites for hydroxylation is 1. The number of pyridine rings is 1. The average molecular weight is 276 g/mol. The van der Waals surface area contributed by atoms with E-state index in [1.165, 1.54) is 7.11 Å². The van der Waals surface area contributed by atoms with E-state index in [0.29, 0.717) is 19.4 Å². The second-order valence-corrected chi connectivity index (χ2v) is 5.06. The molecule has 0 saturated carbocycles. The van der Waals surface area contributed by atoms with Crippen molar-refractivity contribution in [1.82, 2.24) is 9.88 Å². The summed E-state index contributed by atoms with van der Waals surface area (Å²) in [6.45, 7) is 1.23. The zero-order valence-electron chi connectivity index (χ0n) is 11.7. The van der Waals surface area contributed by atoms with Crippen molar-refractivity contribution in [2.45, 2.75) is 25.7 Å². The first kappa shape index (κ1) is 14.5. The van der Waals surface area contributed by atoms with Crippen LogP contribution in [0.1, 0.15) is 24.8 Å². The van der Waals surface area contributed by atoms with Crippen LogP contribution in [0.5, 0.6) is 0 Å². The summed E-state index contributed by atoms with van der Waals surface area (Å²) >= 11 is 0. The van der Waals surface area contributed by atoms with Gasteiger partial charge in [-0.25, -0.2) is 0 Å². The van der Waals surface area contributed by atoms with E-state index in [9.17, 15) is 9.59 Å². The highest BCUT2D eigenvalue weighted by Gasteiger charge is 2.28. The van der Waals surface area contributed by atoms with Crippen LogP contribution >= 0.6 is 0 Å². The fourth-order valence-electron chi connectivity index (χ4n) is 2.52. The van der Waals surface area contributed by atoms with Gasteiger partial charge in [-0.2, -0.15) is 0 Å². The summed E-state index contributed by atoms with van der Waals surface area (Å²) in [7, 11) is 1.40. The van der Waals surface area contributed by atoms with Gasteiger partial charge in [0.05, 0.1) is 13.0 Å². The van der Waals surface area contributed by atoms with Gasteiger partial charge in [0.25, 0.3) is 0 Å². The predicted octanol–water partition coefficient (Wildman–Crippen LogP) is 1.43. The molecule has 20 heavy (non-hydrogen) atoms. The predicted molar refractivity (Wildman–Crippen MR) is 73.9 cm³/mol. The van der Waals surface area contributed by atoms with Crippen LogP contribution in [0.15, 0.2) is 24.5 Å². The van der Waals surface area contributed by atoms with Crippen molar-refractivity contribution < 1.29 is 14.3 Å². The number of carbonyl (C=O) groups excluding carboxylic acids is 2. The Labute approximate surface area is 118 Å². The molecule has 1 atom stereocenters. The molecule has 108 valence electrons. The Hall–Kier alpha value is -1.91. The number of likely N-dealkylation sites (tertiary alicyclic amines) is 1. The third-order valence-corrected chi connectivity index (χ3v) is 3.69. The summed E-state index contributed by atoms with van der Waals surface area (Å²) in [4.78, 5) is 29.5. The van der Waals surface area contributed by atoms with E-state index in [-0.39, 0.29) is 17.8 Å². The Morgan fingerprint density at radius 1 is 1.40 bits per heavy atom. The number of piperidine rings is 1. The number of ether oxygens (including phenoxy) is 1. The molecular formula is C15H20N2O3. The quantitative estimate of drug-likeness (QED) is 0.780. The van der Waals surface area contributed by atoms with Crippen LogP contribution in [-0.2, 0) is 20.7 Å². The van der Waals surface area contributed by atoms with E-state index in [2.05, 4.69) is 4.98 Å². The molecule has 1 amide bonds. The van der Waals surface area contributed by atoms with Crippen LogP contribution in [-0.4, -0.2) is 42.0 Å². The van der Waals surface area contributed by atoms with Crippen LogP contribution in [0.2, 0.25) is 0 Å². The molecular weight excluding hydrogens is 256 g/mol. The highest BCUT2D eigenvalue weighted by atomic mass is 16.5. The van der Waals surface area contributed by atoms with Gasteiger partial charge >= 0.3 is 5.97 Å². The number of hydrogen-bond donors (Lipinski definition) is 0. The van der Waals surface area contributed by atoms with Gasteiger partial charge in [0.2, 0.25) is 5.91 Å². The molecule has 0 aliphatic carbocycles. The molecule has 0 radical (unpaired) electrons. The van der Waals surface area contributed by atoms with Gasteiger partial charge in [-0.1, -0.05) is 0 Å². The number of esters is 1. The SMILES string of the molecule is COC(=O)[C@H]1CCCN(C(=O)CCc2ccncc2)C1. The Bertz CT molecular complexity index is 461. The van der Waals surface area contributed by atoms with E-state index in [1.807, 2.05) is 12.1 Å². The average Bonchev–Trinajstić information content (AvgIpc) is 2.53. The Morgan fingerprint density at radius 2 is 2.15 bits per heavy atom. The van der Waals surface area contributed by atoms with Crippen LogP contribution in [0.4, 0.5) is 0 Å². The monoisotopic (exact) mass is 276 g/mol. The molecule has 1 aliphatic rings. The molecule has 0 bridgehead atoms. The van der Waals surface area contributed by atoms with Crippen molar-refractivity contribution in [3.63, 3.8) is 0 Å². The van der Waals surface area contributed by atoms with Crippen molar-refractivity contribution in [3.8, 4) is 0 Å². The second-order valence-electron chi connectivity index (χ2n) is 5.06. The minimum atomic E-state index is -0.211. The fraction of sp³-hybridized carbons (Fsp3) is 0.533. The zero-order chi connectivity index (χ0) is 14.4. The number of amides is 1. The number of rotatable bonds is 4. The highest BCUT2D eigenvalue weighted by molar-refractivity contribution is 5.78. The Morgan fingerprint density at radius 3 is 2.85 bits per heavy atom. The molecule has 5 nitrogen and oxygen atoms in total. The lowest BCUT2D eigenvalue weighted by atomic mass is 9.97. The molecule has 1 aromatic rings. The number of hydrogen-bond acceptors (Lipinski definition) is 4. The molecule has 0 N–H and O–H groups in total. The number of nitrogens with zero attached hydrogens (tertiary/aromatic N) is 2. The van der Waals surface area contributed by atoms with Gasteiger partial charge < -0.3 is 9.64 Å². The van der Waals surface area contributed by atoms with Gasteiger partial charge in [0, 0.05) is 31.9 Å². The molecule has 0 unspecified atom stereocenters. The first-order chi connectivity index (χ1) is 9.70. The molecule has 2 rings (SSSR count). The Kier molecular flexibility index (Phi) is 5.09. The summed E-state index contributed by atoms with van der Waals surface area (Å²) in [6, 6.07) is 3.83. The van der Waals surface area contributed by atoms with E-state index in [0.717, 1.165) is 24.9 Å². The van der Waals surface area contributed by atoms with Gasteiger partial charge in [0.15, 0.2) is 0 Å². The number of methoxy groups -OCH3 is 1. The molecule has 0 aromatic carbocycles. The molecule has 2 heterocycles. The summed E-state index contributed by atoms with van der Waals surface area (Å²) < 4.78 is 4.76. The third-order valence-electron chi connectivity index (χ3n) is 3.69. The summed E-state index contributed by atoms with van der Waals surface area (Å²) in [6.07, 6.45) is 6.31. The minimum absolute atomic E-state index is 0.107. The maximum Gasteiger partial charge on any atom is 0.310 e. The molecule has 1 saturated heterocycles. The van der Waals surface area contributed by atoms with Crippen molar-refractivity contribution in [2.75, 3.05) is 20.2 Å². The van der Waals surface area contributed by atoms with E-state index >= 15 is 0 Å². The lowest BCUT2D eigenvalue weighted by molar-refractivity contribution is -0.149. The normalized spacial score (nSPS) is 18.6. The van der Waals surface area contributed by atoms with Gasteiger partial charge in [-0.15, -0.1) is 0 Å². The van der Waals surface area contributed by atoms with Crippen molar-refractivity contribution >= 4 is 11.9 Å². The largest absolute Gasteiger partial charge is 0.469 e. The molecule has 1 aliphatic heterocycles. The van der Waals surface area contributed by atoms with Crippen LogP contribution < -0.4 is 0 Å². The zero-order valence-corrected chi connectivity index (χ0v) is 11.7. The minimum Gasteiger partial charge on any atom is -0.469 e. The number of carbonyl (C=O) groups is 2. The molecule has 1 aromatic heterocycles. The molecule has 0 spiro atoms. The van der Waals surface area contributed by atoms with Crippen LogP contribution in [0.25, 0.3) is 0 Å². The van der Waals surface area contributed by atoms with Gasteiger partial charge in [0.1, 0.15) is 0 Å². The maximum absolute atomic E-state index is 12.2. The summed E-state index contributed by atoms with van der Waals surface area (Å²) in [5.74, 6) is -0.273. The van der Waals surface area contributed by atoms with Crippen LogP contribution in [0, 0.1) is 5.92 Å². The maximum atomic E-state index is 12.2. The number of aromatic nitrogens is 1. The lowest BCUT2D eigenvalue weighted by Gasteiger charge is -2.31. The first-order valence-corrected chi connectivity index (χ1v) is 6.95.